The molecule has 0 saturated heterocycles. The van der Waals surface area contributed by atoms with Gasteiger partial charge in [0.1, 0.15) is 5.92 Å². The van der Waals surface area contributed by atoms with Gasteiger partial charge in [0.15, 0.2) is 0 Å². The monoisotopic (exact) mass is 126 g/mol. The van der Waals surface area contributed by atoms with Crippen LogP contribution in [0.4, 0.5) is 0 Å². The fourth-order valence-electron chi connectivity index (χ4n) is 0.559. The summed E-state index contributed by atoms with van der Waals surface area (Å²) in [6.45, 7) is 1.91. The lowest BCUT2D eigenvalue weighted by Gasteiger charge is -1.98. The van der Waals surface area contributed by atoms with Crippen LogP contribution in [0.2, 0.25) is 0 Å². The zero-order valence-electron chi connectivity index (χ0n) is 5.42. The highest BCUT2D eigenvalue weighted by molar-refractivity contribution is 5.79. The molecule has 3 nitrogen and oxygen atoms in total. The zero-order chi connectivity index (χ0) is 7.28. The number of hydrogen-bond acceptors (Lipinski definition) is 2. The molecule has 1 atom stereocenters. The minimum Gasteiger partial charge on any atom is -0.369 e. The minimum atomic E-state index is -0.588. The molecule has 0 fully saturated rings. The maximum Gasteiger partial charge on any atom is 0.234 e. The first-order valence-electron chi connectivity index (χ1n) is 2.91. The van der Waals surface area contributed by atoms with Gasteiger partial charge in [0.05, 0.1) is 6.07 Å². The fraction of sp³-hybridized carbons (Fsp3) is 0.667. The Bertz CT molecular complexity index is 136. The Kier molecular flexibility index (Phi) is 3.45. The van der Waals surface area contributed by atoms with Gasteiger partial charge >= 0.3 is 0 Å². The number of carbonyl (C=O) groups is 1. The van der Waals surface area contributed by atoms with Gasteiger partial charge in [0.2, 0.25) is 5.91 Å². The Morgan fingerprint density at radius 1 is 1.89 bits per heavy atom. The van der Waals surface area contributed by atoms with Crippen molar-refractivity contribution >= 4 is 5.91 Å². The quantitative estimate of drug-likeness (QED) is 0.595. The van der Waals surface area contributed by atoms with Crippen molar-refractivity contribution in [2.45, 2.75) is 19.8 Å². The largest absolute Gasteiger partial charge is 0.369 e. The van der Waals surface area contributed by atoms with Gasteiger partial charge in [0, 0.05) is 0 Å². The predicted molar refractivity (Wildman–Crippen MR) is 33.2 cm³/mol. The van der Waals surface area contributed by atoms with Crippen molar-refractivity contribution < 1.29 is 4.79 Å². The van der Waals surface area contributed by atoms with Crippen LogP contribution >= 0.6 is 0 Å². The molecule has 50 valence electrons. The van der Waals surface area contributed by atoms with Crippen LogP contribution in [-0.4, -0.2) is 5.91 Å². The van der Waals surface area contributed by atoms with Crippen LogP contribution in [0, 0.1) is 17.2 Å². The van der Waals surface area contributed by atoms with E-state index in [1.165, 1.54) is 0 Å². The lowest BCUT2D eigenvalue weighted by molar-refractivity contribution is -0.120. The average Bonchev–Trinajstić information content (AvgIpc) is 1.82. The van der Waals surface area contributed by atoms with E-state index in [1.807, 2.05) is 13.0 Å². The molecule has 2 N–H and O–H groups in total. The molecule has 0 spiro atoms. The summed E-state index contributed by atoms with van der Waals surface area (Å²) in [4.78, 5) is 10.3. The fourth-order valence-corrected chi connectivity index (χ4v) is 0.559. The maximum atomic E-state index is 10.3. The number of nitrogens with zero attached hydrogens (tertiary/aromatic N) is 1. The minimum absolute atomic E-state index is 0.514. The van der Waals surface area contributed by atoms with E-state index in [4.69, 9.17) is 11.0 Å². The molecule has 0 aliphatic carbocycles. The zero-order valence-corrected chi connectivity index (χ0v) is 5.42. The van der Waals surface area contributed by atoms with E-state index in [9.17, 15) is 4.79 Å². The summed E-state index contributed by atoms with van der Waals surface area (Å²) in [5, 5.41) is 8.28. The summed E-state index contributed by atoms with van der Waals surface area (Å²) in [6.07, 6.45) is 1.40. The molecule has 0 rings (SSSR count). The van der Waals surface area contributed by atoms with E-state index in [0.717, 1.165) is 6.42 Å². The van der Waals surface area contributed by atoms with Gasteiger partial charge < -0.3 is 5.73 Å². The van der Waals surface area contributed by atoms with Gasteiger partial charge in [-0.1, -0.05) is 13.3 Å². The molecule has 0 heterocycles. The number of rotatable bonds is 3. The van der Waals surface area contributed by atoms with Crippen molar-refractivity contribution in [3.05, 3.63) is 0 Å². The molecule has 1 amide bonds. The maximum absolute atomic E-state index is 10.3. The summed E-state index contributed by atoms with van der Waals surface area (Å²) in [6, 6.07) is 1.83. The summed E-state index contributed by atoms with van der Waals surface area (Å²) >= 11 is 0. The van der Waals surface area contributed by atoms with Gasteiger partial charge in [-0.25, -0.2) is 0 Å². The predicted octanol–water partition coefficient (Wildman–Crippen LogP) is 0.412. The smallest absolute Gasteiger partial charge is 0.234 e. The third-order valence-electron chi connectivity index (χ3n) is 1.08. The molecule has 0 unspecified atom stereocenters. The molecule has 9 heavy (non-hydrogen) atoms. The van der Waals surface area contributed by atoms with Crippen LogP contribution in [0.5, 0.6) is 0 Å². The van der Waals surface area contributed by atoms with Gasteiger partial charge in [-0.05, 0) is 6.42 Å². The van der Waals surface area contributed by atoms with Crippen LogP contribution in [0.1, 0.15) is 19.8 Å². The number of nitriles is 1. The molecule has 0 aliphatic rings. The second kappa shape index (κ2) is 3.90. The highest BCUT2D eigenvalue weighted by Gasteiger charge is 2.11. The Hall–Kier alpha value is -1.04. The van der Waals surface area contributed by atoms with E-state index in [-0.39, 0.29) is 0 Å². The first-order chi connectivity index (χ1) is 4.22. The first kappa shape index (κ1) is 7.96. The lowest BCUT2D eigenvalue weighted by atomic mass is 10.1. The van der Waals surface area contributed by atoms with Crippen molar-refractivity contribution in [3.63, 3.8) is 0 Å². The normalized spacial score (nSPS) is 12.0. The molecule has 3 heteroatoms. The van der Waals surface area contributed by atoms with Crippen molar-refractivity contribution in [1.82, 2.24) is 0 Å². The molecule has 0 radical (unpaired) electrons. The number of hydrogen-bond donors (Lipinski definition) is 1. The van der Waals surface area contributed by atoms with Crippen molar-refractivity contribution in [2.75, 3.05) is 0 Å². The van der Waals surface area contributed by atoms with E-state index in [2.05, 4.69) is 0 Å². The molecule has 0 aromatic rings. The summed E-state index contributed by atoms with van der Waals surface area (Å²) < 4.78 is 0. The van der Waals surface area contributed by atoms with Crippen LogP contribution in [0.3, 0.4) is 0 Å². The molecule has 0 aliphatic heterocycles. The van der Waals surface area contributed by atoms with E-state index in [1.54, 1.807) is 0 Å². The average molecular weight is 126 g/mol. The highest BCUT2D eigenvalue weighted by atomic mass is 16.1. The van der Waals surface area contributed by atoms with Crippen molar-refractivity contribution in [3.8, 4) is 6.07 Å². The second-order valence-electron chi connectivity index (χ2n) is 1.87. The number of nitrogens with two attached hydrogens (primary N) is 1. The van der Waals surface area contributed by atoms with Crippen LogP contribution in [-0.2, 0) is 4.79 Å². The summed E-state index contributed by atoms with van der Waals surface area (Å²) in [7, 11) is 0. The van der Waals surface area contributed by atoms with E-state index >= 15 is 0 Å². The Labute approximate surface area is 54.5 Å². The van der Waals surface area contributed by atoms with Crippen LogP contribution in [0.25, 0.3) is 0 Å². The van der Waals surface area contributed by atoms with Crippen molar-refractivity contribution in [1.29, 1.82) is 5.26 Å². The number of carbonyl (C=O) groups excluding carboxylic acids is 1. The molecular weight excluding hydrogens is 116 g/mol. The molecule has 0 saturated carbocycles. The molecular formula is C6H10N2O. The van der Waals surface area contributed by atoms with Gasteiger partial charge in [-0.15, -0.1) is 0 Å². The topological polar surface area (TPSA) is 66.9 Å². The van der Waals surface area contributed by atoms with Crippen molar-refractivity contribution in [2.24, 2.45) is 11.7 Å². The lowest BCUT2D eigenvalue weighted by Crippen LogP contribution is -2.21. The van der Waals surface area contributed by atoms with Crippen LogP contribution < -0.4 is 5.73 Å². The molecule has 0 aromatic heterocycles. The Morgan fingerprint density at radius 3 is 2.56 bits per heavy atom. The Balaban J connectivity index is 3.72. The van der Waals surface area contributed by atoms with E-state index in [0.29, 0.717) is 6.42 Å². The Morgan fingerprint density at radius 2 is 2.44 bits per heavy atom. The number of primary amides is 1. The summed E-state index contributed by atoms with van der Waals surface area (Å²) in [5.41, 5.74) is 4.87. The highest BCUT2D eigenvalue weighted by Crippen LogP contribution is 2.02. The van der Waals surface area contributed by atoms with Gasteiger partial charge in [-0.3, -0.25) is 4.79 Å². The third kappa shape index (κ3) is 2.70. The third-order valence-corrected chi connectivity index (χ3v) is 1.08. The second-order valence-corrected chi connectivity index (χ2v) is 1.87. The SMILES string of the molecule is CCC[C@H](C#N)C(N)=O. The van der Waals surface area contributed by atoms with Crippen LogP contribution in [0.15, 0.2) is 0 Å². The summed E-state index contributed by atoms with van der Waals surface area (Å²) in [5.74, 6) is -1.10. The molecule has 0 aromatic carbocycles. The van der Waals surface area contributed by atoms with Gasteiger partial charge in [0.25, 0.3) is 0 Å². The van der Waals surface area contributed by atoms with Gasteiger partial charge in [-0.2, -0.15) is 5.26 Å². The molecule has 0 bridgehead atoms. The standard InChI is InChI=1S/C6H10N2O/c1-2-3-5(4-7)6(8)9/h5H,2-3H2,1H3,(H2,8,9)/t5-/m1/s1. The number of amides is 1. The first-order valence-corrected chi connectivity index (χ1v) is 2.91. The van der Waals surface area contributed by atoms with E-state index < -0.39 is 11.8 Å².